The van der Waals surface area contributed by atoms with Crippen molar-refractivity contribution in [1.82, 2.24) is 15.1 Å². The minimum absolute atomic E-state index is 0.0145. The number of amides is 1. The molecule has 1 aliphatic carbocycles. The summed E-state index contributed by atoms with van der Waals surface area (Å²) in [6, 6.07) is 13.9. The first-order valence-corrected chi connectivity index (χ1v) is 11.9. The number of hydrogen-bond acceptors (Lipinski definition) is 7. The summed E-state index contributed by atoms with van der Waals surface area (Å²) < 4.78 is 5.72. The number of carbonyl (C=O) groups is 1. The van der Waals surface area contributed by atoms with Crippen molar-refractivity contribution in [2.75, 3.05) is 13.2 Å². The normalized spacial score (nSPS) is 19.0. The zero-order valence-electron chi connectivity index (χ0n) is 18.5. The number of hydrogen-bond donors (Lipinski definition) is 1. The van der Waals surface area contributed by atoms with Crippen LogP contribution in [0.4, 0.5) is 0 Å². The van der Waals surface area contributed by atoms with Crippen LogP contribution in [0.3, 0.4) is 0 Å². The largest absolute Gasteiger partial charge is 0.490 e. The average Bonchev–Trinajstić information content (AvgIpc) is 3.49. The molecule has 1 amide bonds. The number of likely N-dealkylation sites (tertiary alicyclic amines) is 1. The van der Waals surface area contributed by atoms with Crippen LogP contribution >= 0.6 is 11.3 Å². The summed E-state index contributed by atoms with van der Waals surface area (Å²) in [6.07, 6.45) is 1.32. The van der Waals surface area contributed by atoms with Crippen molar-refractivity contribution in [1.29, 1.82) is 5.26 Å². The van der Waals surface area contributed by atoms with Crippen LogP contribution in [-0.2, 0) is 11.2 Å². The van der Waals surface area contributed by atoms with Crippen LogP contribution in [0.15, 0.2) is 36.4 Å². The van der Waals surface area contributed by atoms with Crippen molar-refractivity contribution in [2.45, 2.75) is 38.8 Å². The van der Waals surface area contributed by atoms with Gasteiger partial charge >= 0.3 is 0 Å². The Hall–Kier alpha value is -3.28. The molecule has 1 N–H and O–H groups in total. The maximum Gasteiger partial charge on any atom is 0.223 e. The van der Waals surface area contributed by atoms with E-state index >= 15 is 0 Å². The minimum atomic E-state index is -0.0323. The van der Waals surface area contributed by atoms with Gasteiger partial charge in [0, 0.05) is 24.1 Å². The Morgan fingerprint density at radius 3 is 2.82 bits per heavy atom. The molecule has 2 heterocycles. The number of nitrogens with zero attached hydrogens (tertiary/aromatic N) is 4. The van der Waals surface area contributed by atoms with E-state index in [2.05, 4.69) is 28.4 Å². The zero-order chi connectivity index (χ0) is 23.1. The molecule has 3 aromatic rings. The van der Waals surface area contributed by atoms with E-state index in [0.29, 0.717) is 24.3 Å². The third-order valence-corrected chi connectivity index (χ3v) is 7.25. The molecule has 0 spiro atoms. The smallest absolute Gasteiger partial charge is 0.223 e. The van der Waals surface area contributed by atoms with Gasteiger partial charge in [-0.1, -0.05) is 29.5 Å². The summed E-state index contributed by atoms with van der Waals surface area (Å²) in [7, 11) is 0. The highest BCUT2D eigenvalue weighted by Crippen LogP contribution is 2.49. The monoisotopic (exact) mass is 460 g/mol. The molecule has 1 saturated heterocycles. The predicted molar refractivity (Wildman–Crippen MR) is 125 cm³/mol. The summed E-state index contributed by atoms with van der Waals surface area (Å²) in [5.74, 6) is 0.918. The number of nitriles is 1. The van der Waals surface area contributed by atoms with Gasteiger partial charge in [0.2, 0.25) is 5.91 Å². The van der Waals surface area contributed by atoms with Crippen molar-refractivity contribution in [3.63, 3.8) is 0 Å². The average molecular weight is 461 g/mol. The fourth-order valence-electron chi connectivity index (χ4n) is 4.97. The lowest BCUT2D eigenvalue weighted by Gasteiger charge is -2.24. The fourth-order valence-corrected chi connectivity index (χ4v) is 5.86. The van der Waals surface area contributed by atoms with E-state index in [-0.39, 0.29) is 30.6 Å². The highest BCUT2D eigenvalue weighted by atomic mass is 32.1. The van der Waals surface area contributed by atoms with Gasteiger partial charge in [-0.25, -0.2) is 0 Å². The third kappa shape index (κ3) is 3.77. The van der Waals surface area contributed by atoms with Crippen LogP contribution in [0.1, 0.15) is 43.0 Å². The molecule has 0 radical (unpaired) electrons. The Bertz CT molecular complexity index is 1260. The maximum atomic E-state index is 12.4. The summed E-state index contributed by atoms with van der Waals surface area (Å²) in [6.45, 7) is 4.19. The van der Waals surface area contributed by atoms with Crippen LogP contribution < -0.4 is 4.74 Å². The second kappa shape index (κ2) is 8.58. The van der Waals surface area contributed by atoms with E-state index in [1.807, 2.05) is 36.9 Å². The fraction of sp³-hybridized carbons (Fsp3) is 0.360. The van der Waals surface area contributed by atoms with Gasteiger partial charge in [0.1, 0.15) is 21.8 Å². The maximum absolute atomic E-state index is 12.4. The van der Waals surface area contributed by atoms with Gasteiger partial charge in [0.05, 0.1) is 24.3 Å². The summed E-state index contributed by atoms with van der Waals surface area (Å²) in [5, 5.41) is 29.4. The minimum Gasteiger partial charge on any atom is -0.490 e. The Kier molecular flexibility index (Phi) is 5.60. The molecule has 7 nitrogen and oxygen atoms in total. The number of benzene rings is 2. The molecule has 1 aromatic heterocycles. The SMILES string of the molecule is CC(C)Oc1ccc(-c2nnc(-c3cccc4c3C[C@H]3CC(=O)N(CCO)[C@@H]43)s2)cc1C#N. The molecule has 2 aromatic carbocycles. The van der Waals surface area contributed by atoms with Crippen LogP contribution in [-0.4, -0.2) is 45.4 Å². The molecule has 168 valence electrons. The molecular weight excluding hydrogens is 436 g/mol. The number of β-amino-alcohol motifs (C(OH)–C–C–N with tert-alkyl or cyclic N) is 1. The van der Waals surface area contributed by atoms with E-state index in [9.17, 15) is 15.2 Å². The molecule has 33 heavy (non-hydrogen) atoms. The molecule has 0 saturated carbocycles. The summed E-state index contributed by atoms with van der Waals surface area (Å²) in [5.41, 5.74) is 4.71. The molecule has 1 aliphatic heterocycles. The van der Waals surface area contributed by atoms with Crippen LogP contribution in [0, 0.1) is 17.2 Å². The Labute approximate surface area is 196 Å². The number of ether oxygens (including phenoxy) is 1. The van der Waals surface area contributed by atoms with E-state index in [1.165, 1.54) is 16.9 Å². The number of aliphatic hydroxyl groups excluding tert-OH is 1. The van der Waals surface area contributed by atoms with Gasteiger partial charge in [-0.3, -0.25) is 4.79 Å². The lowest BCUT2D eigenvalue weighted by atomic mass is 10.0. The van der Waals surface area contributed by atoms with E-state index < -0.39 is 0 Å². The lowest BCUT2D eigenvalue weighted by molar-refractivity contribution is -0.129. The van der Waals surface area contributed by atoms with Crippen molar-refractivity contribution in [3.8, 4) is 33.0 Å². The molecule has 0 bridgehead atoms. The Morgan fingerprint density at radius 1 is 1.24 bits per heavy atom. The van der Waals surface area contributed by atoms with Crippen molar-refractivity contribution in [3.05, 3.63) is 53.1 Å². The van der Waals surface area contributed by atoms with Gasteiger partial charge in [-0.2, -0.15) is 5.26 Å². The van der Waals surface area contributed by atoms with Gasteiger partial charge in [-0.15, -0.1) is 10.2 Å². The number of fused-ring (bicyclic) bond motifs is 3. The van der Waals surface area contributed by atoms with Crippen molar-refractivity contribution < 1.29 is 14.6 Å². The Balaban J connectivity index is 1.48. The van der Waals surface area contributed by atoms with Crippen molar-refractivity contribution in [2.24, 2.45) is 5.92 Å². The zero-order valence-corrected chi connectivity index (χ0v) is 19.3. The molecule has 0 unspecified atom stereocenters. The standard InChI is InChI=1S/C25H24N4O3S/c1-14(2)32-21-7-6-15(10-17(21)13-26)24-27-28-25(33-24)19-5-3-4-18-20(19)11-16-12-22(31)29(8-9-30)23(16)18/h3-7,10,14,16,23,30H,8-9,11-12H2,1-2H3/t16-,23+/m0/s1. The van der Waals surface area contributed by atoms with E-state index in [4.69, 9.17) is 4.74 Å². The second-order valence-corrected chi connectivity index (χ2v) is 9.68. The summed E-state index contributed by atoms with van der Waals surface area (Å²) in [4.78, 5) is 14.2. The van der Waals surface area contributed by atoms with Crippen LogP contribution in [0.2, 0.25) is 0 Å². The van der Waals surface area contributed by atoms with E-state index in [0.717, 1.165) is 33.1 Å². The molecule has 2 atom stereocenters. The molecule has 8 heteroatoms. The molecule has 2 aliphatic rings. The van der Waals surface area contributed by atoms with Gasteiger partial charge in [-0.05, 0) is 55.5 Å². The molecule has 1 fully saturated rings. The predicted octanol–water partition coefficient (Wildman–Crippen LogP) is 3.97. The van der Waals surface area contributed by atoms with Crippen LogP contribution in [0.5, 0.6) is 5.75 Å². The lowest BCUT2D eigenvalue weighted by Crippen LogP contribution is -2.30. The number of aliphatic hydroxyl groups is 1. The highest BCUT2D eigenvalue weighted by molar-refractivity contribution is 7.17. The summed E-state index contributed by atoms with van der Waals surface area (Å²) >= 11 is 1.49. The molecule has 5 rings (SSSR count). The highest BCUT2D eigenvalue weighted by Gasteiger charge is 2.46. The number of rotatable bonds is 6. The quantitative estimate of drug-likeness (QED) is 0.598. The van der Waals surface area contributed by atoms with Gasteiger partial charge in [0.15, 0.2) is 0 Å². The topological polar surface area (TPSA) is 99.3 Å². The van der Waals surface area contributed by atoms with Gasteiger partial charge < -0.3 is 14.7 Å². The van der Waals surface area contributed by atoms with E-state index in [1.54, 1.807) is 6.07 Å². The number of carbonyl (C=O) groups excluding carboxylic acids is 1. The van der Waals surface area contributed by atoms with Gasteiger partial charge in [0.25, 0.3) is 0 Å². The molecular formula is C25H24N4O3S. The first-order chi connectivity index (χ1) is 16.0. The third-order valence-electron chi connectivity index (χ3n) is 6.24. The number of aromatic nitrogens is 2. The van der Waals surface area contributed by atoms with Crippen molar-refractivity contribution >= 4 is 17.2 Å². The first kappa shape index (κ1) is 21.6. The van der Waals surface area contributed by atoms with Crippen LogP contribution in [0.25, 0.3) is 21.1 Å². The second-order valence-electron chi connectivity index (χ2n) is 8.70. The Morgan fingerprint density at radius 2 is 2.06 bits per heavy atom. The first-order valence-electron chi connectivity index (χ1n) is 11.1.